The molecule has 0 bridgehead atoms. The number of anilines is 1. The summed E-state index contributed by atoms with van der Waals surface area (Å²) in [7, 11) is 1.84. The quantitative estimate of drug-likeness (QED) is 0.669. The van der Waals surface area contributed by atoms with Crippen LogP contribution in [0.25, 0.3) is 5.52 Å². The van der Waals surface area contributed by atoms with Crippen LogP contribution in [0.3, 0.4) is 0 Å². The summed E-state index contributed by atoms with van der Waals surface area (Å²) in [5, 5.41) is 11.3. The van der Waals surface area contributed by atoms with Crippen LogP contribution >= 0.6 is 0 Å². The number of hydrogen-bond acceptors (Lipinski definition) is 5. The number of ether oxygens (including phenoxy) is 1. The summed E-state index contributed by atoms with van der Waals surface area (Å²) in [6.45, 7) is 3.37. The Balaban J connectivity index is 2.15. The molecule has 1 aliphatic heterocycles. The predicted molar refractivity (Wildman–Crippen MR) is 79.4 cm³/mol. The van der Waals surface area contributed by atoms with Crippen LogP contribution in [0.4, 0.5) is 5.82 Å². The maximum absolute atomic E-state index is 6.99. The Morgan fingerprint density at radius 1 is 1.57 bits per heavy atom. The zero-order valence-electron chi connectivity index (χ0n) is 12.0. The minimum Gasteiger partial charge on any atom is -0.381 e. The number of hydrogen-bond donors (Lipinski definition) is 1. The molecule has 0 unspecified atom stereocenters. The highest BCUT2D eigenvalue weighted by molar-refractivity contribution is 5.88. The first-order chi connectivity index (χ1) is 10.2. The molecule has 21 heavy (non-hydrogen) atoms. The number of aliphatic imine (C=N–C) groups is 1. The molecule has 0 aliphatic carbocycles. The van der Waals surface area contributed by atoms with Crippen molar-refractivity contribution in [2.45, 2.75) is 19.3 Å². The molecule has 0 aromatic carbocycles. The van der Waals surface area contributed by atoms with E-state index in [4.69, 9.17) is 10.1 Å². The van der Waals surface area contributed by atoms with Gasteiger partial charge in [-0.2, -0.15) is 5.10 Å². The number of aryl methyl sites for hydroxylation is 1. The molecule has 110 valence electrons. The second-order valence-corrected chi connectivity index (χ2v) is 4.95. The highest BCUT2D eigenvalue weighted by atomic mass is 16.5. The van der Waals surface area contributed by atoms with Gasteiger partial charge in [0.2, 0.25) is 0 Å². The Labute approximate surface area is 122 Å². The number of imidazole rings is 1. The number of nitrogens with one attached hydrogen (secondary N) is 1. The van der Waals surface area contributed by atoms with Gasteiger partial charge in [-0.05, 0) is 13.3 Å². The van der Waals surface area contributed by atoms with Gasteiger partial charge in [0.25, 0.3) is 0 Å². The van der Waals surface area contributed by atoms with Gasteiger partial charge in [0.05, 0.1) is 18.6 Å². The van der Waals surface area contributed by atoms with Gasteiger partial charge in [0.15, 0.2) is 5.82 Å². The van der Waals surface area contributed by atoms with Gasteiger partial charge in [-0.1, -0.05) is 0 Å². The van der Waals surface area contributed by atoms with Crippen molar-refractivity contribution in [3.05, 3.63) is 17.8 Å². The normalized spacial score (nSPS) is 18.7. The number of nitrogens with zero attached hydrogens (tertiary/aromatic N) is 6. The molecule has 1 N–H and O–H groups in total. The summed E-state index contributed by atoms with van der Waals surface area (Å²) < 4.78 is 7.27. The molecule has 0 amide bonds. The maximum Gasteiger partial charge on any atom is 0.163 e. The molecule has 8 heteroatoms. The molecule has 3 rings (SSSR count). The topological polar surface area (TPSA) is 91.8 Å². The van der Waals surface area contributed by atoms with Crippen LogP contribution in [0.15, 0.2) is 11.3 Å². The molecule has 2 aromatic rings. The molecule has 3 heterocycles. The van der Waals surface area contributed by atoms with Gasteiger partial charge in [-0.25, -0.2) is 19.5 Å². The average Bonchev–Trinajstić information content (AvgIpc) is 3.13. The van der Waals surface area contributed by atoms with Crippen molar-refractivity contribution < 1.29 is 4.74 Å². The third kappa shape index (κ3) is 2.38. The summed E-state index contributed by atoms with van der Waals surface area (Å²) in [6.07, 6.45) is 4.99. The lowest BCUT2D eigenvalue weighted by molar-refractivity contribution is 0.193. The third-order valence-corrected chi connectivity index (χ3v) is 3.57. The Morgan fingerprint density at radius 2 is 2.43 bits per heavy atom. The van der Waals surface area contributed by atoms with E-state index in [1.54, 1.807) is 15.8 Å². The maximum atomic E-state index is 6.99. The zero-order valence-corrected chi connectivity index (χ0v) is 12.0. The van der Waals surface area contributed by atoms with Crippen molar-refractivity contribution >= 4 is 24.0 Å². The summed E-state index contributed by atoms with van der Waals surface area (Å²) in [4.78, 5) is 14.6. The fraction of sp³-hybridized carbons (Fsp3) is 0.462. The molecule has 0 saturated carbocycles. The second kappa shape index (κ2) is 5.57. The minimum atomic E-state index is 0.270. The smallest absolute Gasteiger partial charge is 0.163 e. The number of rotatable bonds is 4. The van der Waals surface area contributed by atoms with E-state index in [-0.39, 0.29) is 5.92 Å². The SMILES string of the molecule is Cc1nc([C@@H]2CCOC2)c2c(N(C)C=NC=N)ncnn12. The highest BCUT2D eigenvalue weighted by Crippen LogP contribution is 2.31. The van der Waals surface area contributed by atoms with Crippen LogP contribution in [-0.2, 0) is 4.74 Å². The van der Waals surface area contributed by atoms with Crippen molar-refractivity contribution in [2.75, 3.05) is 25.2 Å². The van der Waals surface area contributed by atoms with E-state index in [2.05, 4.69) is 20.1 Å². The van der Waals surface area contributed by atoms with E-state index in [0.29, 0.717) is 6.61 Å². The van der Waals surface area contributed by atoms with Crippen molar-refractivity contribution in [1.29, 1.82) is 5.41 Å². The first-order valence-corrected chi connectivity index (χ1v) is 6.75. The van der Waals surface area contributed by atoms with Gasteiger partial charge < -0.3 is 9.64 Å². The van der Waals surface area contributed by atoms with E-state index in [1.807, 2.05) is 14.0 Å². The van der Waals surface area contributed by atoms with E-state index in [1.165, 1.54) is 6.33 Å². The highest BCUT2D eigenvalue weighted by Gasteiger charge is 2.26. The van der Waals surface area contributed by atoms with E-state index < -0.39 is 0 Å². The van der Waals surface area contributed by atoms with Crippen LogP contribution < -0.4 is 4.90 Å². The summed E-state index contributed by atoms with van der Waals surface area (Å²) in [6, 6.07) is 0. The van der Waals surface area contributed by atoms with Crippen LogP contribution in [0.1, 0.15) is 23.9 Å². The van der Waals surface area contributed by atoms with Crippen molar-refractivity contribution in [3.63, 3.8) is 0 Å². The first-order valence-electron chi connectivity index (χ1n) is 6.75. The molecule has 0 spiro atoms. The summed E-state index contributed by atoms with van der Waals surface area (Å²) in [5.74, 6) is 1.82. The lowest BCUT2D eigenvalue weighted by Gasteiger charge is -2.14. The van der Waals surface area contributed by atoms with E-state index in [9.17, 15) is 0 Å². The predicted octanol–water partition coefficient (Wildman–Crippen LogP) is 1.01. The van der Waals surface area contributed by atoms with E-state index >= 15 is 0 Å². The van der Waals surface area contributed by atoms with Gasteiger partial charge in [0, 0.05) is 19.6 Å². The van der Waals surface area contributed by atoms with Crippen molar-refractivity contribution in [1.82, 2.24) is 19.6 Å². The average molecular weight is 287 g/mol. The van der Waals surface area contributed by atoms with Gasteiger partial charge >= 0.3 is 0 Å². The molecular formula is C13H17N7O. The Hall–Kier alpha value is -2.35. The first kappa shape index (κ1) is 13.6. The van der Waals surface area contributed by atoms with Crippen molar-refractivity contribution in [3.8, 4) is 0 Å². The molecule has 1 aliphatic rings. The standard InChI is InChI=1S/C13H17N7O/c1-9-18-11(10-3-4-21-5-10)12-13(16-7-17-20(9)12)19(2)8-15-6-14/h6-8,10,14H,3-5H2,1-2H3/t10-/m1/s1. The van der Waals surface area contributed by atoms with Crippen LogP contribution in [-0.4, -0.2) is 52.5 Å². The molecule has 2 aromatic heterocycles. The lowest BCUT2D eigenvalue weighted by atomic mass is 10.0. The molecule has 0 radical (unpaired) electrons. The number of aromatic nitrogens is 4. The van der Waals surface area contributed by atoms with Crippen molar-refractivity contribution in [2.24, 2.45) is 4.99 Å². The zero-order chi connectivity index (χ0) is 14.8. The van der Waals surface area contributed by atoms with Crippen LogP contribution in [0.2, 0.25) is 0 Å². The summed E-state index contributed by atoms with van der Waals surface area (Å²) in [5.41, 5.74) is 1.85. The molecule has 8 nitrogen and oxygen atoms in total. The largest absolute Gasteiger partial charge is 0.381 e. The van der Waals surface area contributed by atoms with Gasteiger partial charge in [0.1, 0.15) is 24.0 Å². The minimum absolute atomic E-state index is 0.270. The van der Waals surface area contributed by atoms with Crippen LogP contribution in [0, 0.1) is 12.3 Å². The number of fused-ring (bicyclic) bond motifs is 1. The van der Waals surface area contributed by atoms with Gasteiger partial charge in [-0.3, -0.25) is 5.41 Å². The van der Waals surface area contributed by atoms with Gasteiger partial charge in [-0.15, -0.1) is 0 Å². The lowest BCUT2D eigenvalue weighted by Crippen LogP contribution is -2.18. The van der Waals surface area contributed by atoms with Crippen LogP contribution in [0.5, 0.6) is 0 Å². The van der Waals surface area contributed by atoms with E-state index in [0.717, 1.165) is 42.2 Å². The fourth-order valence-corrected chi connectivity index (χ4v) is 2.57. The second-order valence-electron chi connectivity index (χ2n) is 4.95. The molecular weight excluding hydrogens is 270 g/mol. The molecule has 1 fully saturated rings. The molecule has 1 atom stereocenters. The Morgan fingerprint density at radius 3 is 3.14 bits per heavy atom. The molecule has 1 saturated heterocycles. The Bertz CT molecular complexity index is 687. The Kier molecular flexibility index (Phi) is 3.61. The monoisotopic (exact) mass is 287 g/mol. The summed E-state index contributed by atoms with van der Waals surface area (Å²) >= 11 is 0. The fourth-order valence-electron chi connectivity index (χ4n) is 2.57. The third-order valence-electron chi connectivity index (χ3n) is 3.57.